The fraction of sp³-hybridized carbons (Fsp3) is 0.529. The SMILES string of the molecule is CC(/C=C/CC(C)CO)CCOCc1ccccc1. The molecular formula is C17H26O2. The zero-order chi connectivity index (χ0) is 13.9. The first-order valence-corrected chi connectivity index (χ1v) is 7.11. The van der Waals surface area contributed by atoms with E-state index in [2.05, 4.69) is 38.1 Å². The Morgan fingerprint density at radius 1 is 1.21 bits per heavy atom. The Kier molecular flexibility index (Phi) is 8.19. The van der Waals surface area contributed by atoms with Crippen LogP contribution in [0.3, 0.4) is 0 Å². The molecule has 2 atom stereocenters. The smallest absolute Gasteiger partial charge is 0.0716 e. The van der Waals surface area contributed by atoms with Gasteiger partial charge in [0, 0.05) is 13.2 Å². The van der Waals surface area contributed by atoms with Crippen LogP contribution in [0.25, 0.3) is 0 Å². The van der Waals surface area contributed by atoms with E-state index in [9.17, 15) is 0 Å². The maximum atomic E-state index is 8.93. The monoisotopic (exact) mass is 262 g/mol. The van der Waals surface area contributed by atoms with Crippen molar-refractivity contribution in [2.24, 2.45) is 11.8 Å². The number of benzene rings is 1. The van der Waals surface area contributed by atoms with E-state index in [1.165, 1.54) is 5.56 Å². The van der Waals surface area contributed by atoms with E-state index in [0.717, 1.165) is 19.4 Å². The summed E-state index contributed by atoms with van der Waals surface area (Å²) in [5.41, 5.74) is 1.22. The summed E-state index contributed by atoms with van der Waals surface area (Å²) in [6.45, 7) is 6.00. The van der Waals surface area contributed by atoms with E-state index < -0.39 is 0 Å². The van der Waals surface area contributed by atoms with Gasteiger partial charge in [0.1, 0.15) is 0 Å². The van der Waals surface area contributed by atoms with Gasteiger partial charge in [-0.2, -0.15) is 0 Å². The molecule has 1 aromatic carbocycles. The highest BCUT2D eigenvalue weighted by molar-refractivity contribution is 5.13. The molecule has 2 unspecified atom stereocenters. The molecule has 106 valence electrons. The topological polar surface area (TPSA) is 29.5 Å². The minimum atomic E-state index is 0.263. The molecule has 0 bridgehead atoms. The van der Waals surface area contributed by atoms with Crippen molar-refractivity contribution >= 4 is 0 Å². The van der Waals surface area contributed by atoms with Gasteiger partial charge in [-0.25, -0.2) is 0 Å². The van der Waals surface area contributed by atoms with Crippen LogP contribution in [0, 0.1) is 11.8 Å². The highest BCUT2D eigenvalue weighted by Gasteiger charge is 1.99. The van der Waals surface area contributed by atoms with Crippen LogP contribution in [0.1, 0.15) is 32.3 Å². The molecule has 0 aliphatic carbocycles. The largest absolute Gasteiger partial charge is 0.396 e. The van der Waals surface area contributed by atoms with Crippen LogP contribution in [0.4, 0.5) is 0 Å². The molecule has 0 aliphatic heterocycles. The van der Waals surface area contributed by atoms with Gasteiger partial charge in [0.15, 0.2) is 0 Å². The average molecular weight is 262 g/mol. The molecule has 0 saturated carbocycles. The fourth-order valence-electron chi connectivity index (χ4n) is 1.75. The van der Waals surface area contributed by atoms with Crippen molar-refractivity contribution in [1.29, 1.82) is 0 Å². The third-order valence-corrected chi connectivity index (χ3v) is 3.14. The van der Waals surface area contributed by atoms with Crippen LogP contribution in [-0.4, -0.2) is 18.3 Å². The maximum Gasteiger partial charge on any atom is 0.0716 e. The predicted octanol–water partition coefficient (Wildman–Crippen LogP) is 3.80. The molecule has 2 nitrogen and oxygen atoms in total. The second-order valence-electron chi connectivity index (χ2n) is 5.26. The van der Waals surface area contributed by atoms with Gasteiger partial charge in [-0.3, -0.25) is 0 Å². The first kappa shape index (κ1) is 15.9. The lowest BCUT2D eigenvalue weighted by Crippen LogP contribution is -2.01. The molecule has 0 fully saturated rings. The van der Waals surface area contributed by atoms with E-state index in [4.69, 9.17) is 9.84 Å². The Morgan fingerprint density at radius 2 is 1.95 bits per heavy atom. The Bertz CT molecular complexity index is 346. The van der Waals surface area contributed by atoms with Gasteiger partial charge in [-0.15, -0.1) is 0 Å². The van der Waals surface area contributed by atoms with Crippen LogP contribution < -0.4 is 0 Å². The van der Waals surface area contributed by atoms with Crippen molar-refractivity contribution in [3.8, 4) is 0 Å². The molecule has 1 N–H and O–H groups in total. The zero-order valence-electron chi connectivity index (χ0n) is 12.1. The molecule has 1 aromatic rings. The summed E-state index contributed by atoms with van der Waals surface area (Å²) in [6.07, 6.45) is 6.38. The maximum absolute atomic E-state index is 8.93. The third kappa shape index (κ3) is 7.81. The van der Waals surface area contributed by atoms with Crippen molar-refractivity contribution in [3.05, 3.63) is 48.0 Å². The number of aliphatic hydroxyl groups excluding tert-OH is 1. The Morgan fingerprint density at radius 3 is 2.63 bits per heavy atom. The number of hydrogen-bond donors (Lipinski definition) is 1. The lowest BCUT2D eigenvalue weighted by molar-refractivity contribution is 0.113. The van der Waals surface area contributed by atoms with Crippen molar-refractivity contribution in [1.82, 2.24) is 0 Å². The summed E-state index contributed by atoms with van der Waals surface area (Å²) in [4.78, 5) is 0. The molecule has 19 heavy (non-hydrogen) atoms. The second kappa shape index (κ2) is 9.76. The average Bonchev–Trinajstić information content (AvgIpc) is 2.44. The summed E-state index contributed by atoms with van der Waals surface area (Å²) >= 11 is 0. The van der Waals surface area contributed by atoms with Gasteiger partial charge in [0.05, 0.1) is 6.61 Å². The molecule has 0 aliphatic rings. The van der Waals surface area contributed by atoms with E-state index in [1.807, 2.05) is 18.2 Å². The summed E-state index contributed by atoms with van der Waals surface area (Å²) < 4.78 is 5.67. The summed E-state index contributed by atoms with van der Waals surface area (Å²) in [6, 6.07) is 10.3. The van der Waals surface area contributed by atoms with Gasteiger partial charge in [0.2, 0.25) is 0 Å². The summed E-state index contributed by atoms with van der Waals surface area (Å²) in [5.74, 6) is 0.888. The molecule has 0 saturated heterocycles. The molecule has 0 heterocycles. The van der Waals surface area contributed by atoms with Crippen LogP contribution in [0.2, 0.25) is 0 Å². The normalized spacial score (nSPS) is 14.7. The Balaban J connectivity index is 2.08. The van der Waals surface area contributed by atoms with Crippen molar-refractivity contribution in [2.45, 2.75) is 33.3 Å². The zero-order valence-corrected chi connectivity index (χ0v) is 12.1. The highest BCUT2D eigenvalue weighted by Crippen LogP contribution is 2.08. The molecule has 0 aromatic heterocycles. The molecule has 2 heteroatoms. The predicted molar refractivity (Wildman–Crippen MR) is 79.9 cm³/mol. The van der Waals surface area contributed by atoms with Crippen LogP contribution in [0.15, 0.2) is 42.5 Å². The van der Waals surface area contributed by atoms with E-state index >= 15 is 0 Å². The van der Waals surface area contributed by atoms with Gasteiger partial charge in [-0.05, 0) is 30.2 Å². The lowest BCUT2D eigenvalue weighted by Gasteiger charge is -2.08. The molecule has 0 spiro atoms. The number of rotatable bonds is 9. The summed E-state index contributed by atoms with van der Waals surface area (Å²) in [5, 5.41) is 8.93. The molecule has 0 radical (unpaired) electrons. The third-order valence-electron chi connectivity index (χ3n) is 3.14. The van der Waals surface area contributed by atoms with Gasteiger partial charge < -0.3 is 9.84 Å². The number of aliphatic hydroxyl groups is 1. The highest BCUT2D eigenvalue weighted by atomic mass is 16.5. The van der Waals surface area contributed by atoms with E-state index in [-0.39, 0.29) is 6.61 Å². The number of allylic oxidation sites excluding steroid dienone is 2. The Hall–Kier alpha value is -1.12. The number of ether oxygens (including phenoxy) is 1. The quantitative estimate of drug-likeness (QED) is 0.542. The second-order valence-corrected chi connectivity index (χ2v) is 5.26. The molecule has 1 rings (SSSR count). The van der Waals surface area contributed by atoms with Gasteiger partial charge in [-0.1, -0.05) is 56.3 Å². The van der Waals surface area contributed by atoms with Crippen LogP contribution in [-0.2, 0) is 11.3 Å². The van der Waals surface area contributed by atoms with Crippen LogP contribution in [0.5, 0.6) is 0 Å². The van der Waals surface area contributed by atoms with E-state index in [1.54, 1.807) is 0 Å². The lowest BCUT2D eigenvalue weighted by atomic mass is 10.0. The first-order valence-electron chi connectivity index (χ1n) is 7.11. The van der Waals surface area contributed by atoms with Crippen molar-refractivity contribution < 1.29 is 9.84 Å². The minimum Gasteiger partial charge on any atom is -0.396 e. The van der Waals surface area contributed by atoms with Gasteiger partial charge in [0.25, 0.3) is 0 Å². The van der Waals surface area contributed by atoms with Crippen LogP contribution >= 0.6 is 0 Å². The fourth-order valence-corrected chi connectivity index (χ4v) is 1.75. The standard InChI is InChI=1S/C17H26O2/c1-15(7-6-8-16(2)13-18)11-12-19-14-17-9-4-3-5-10-17/h3-7,9-10,15-16,18H,8,11-14H2,1-2H3/b7-6+. The first-order chi connectivity index (χ1) is 9.22. The molecule has 0 amide bonds. The number of hydrogen-bond acceptors (Lipinski definition) is 2. The summed E-state index contributed by atoms with van der Waals surface area (Å²) in [7, 11) is 0. The Labute approximate surface area is 117 Å². The van der Waals surface area contributed by atoms with Gasteiger partial charge >= 0.3 is 0 Å². The van der Waals surface area contributed by atoms with Crippen molar-refractivity contribution in [3.63, 3.8) is 0 Å². The minimum absolute atomic E-state index is 0.263. The van der Waals surface area contributed by atoms with E-state index in [0.29, 0.717) is 18.4 Å². The van der Waals surface area contributed by atoms with Crippen molar-refractivity contribution in [2.75, 3.05) is 13.2 Å². The molecular weight excluding hydrogens is 236 g/mol.